The maximum Gasteiger partial charge on any atom is 0.422 e. The molecular formula is C19H24F3N5O. The van der Waals surface area contributed by atoms with Crippen LogP contribution in [0.5, 0.6) is 5.75 Å². The second-order valence-electron chi connectivity index (χ2n) is 7.40. The molecule has 0 amide bonds. The van der Waals surface area contributed by atoms with Crippen LogP contribution in [0.2, 0.25) is 0 Å². The molecule has 1 aromatic carbocycles. The lowest BCUT2D eigenvalue weighted by molar-refractivity contribution is -0.153. The summed E-state index contributed by atoms with van der Waals surface area (Å²) in [6.07, 6.45) is -2.24. The molecule has 0 atom stereocenters. The van der Waals surface area contributed by atoms with Crippen molar-refractivity contribution in [3.63, 3.8) is 0 Å². The van der Waals surface area contributed by atoms with Crippen LogP contribution in [-0.4, -0.2) is 52.1 Å². The number of ether oxygens (including phenoxy) is 1. The molecule has 9 heteroatoms. The van der Waals surface area contributed by atoms with Gasteiger partial charge < -0.3 is 14.6 Å². The van der Waals surface area contributed by atoms with Crippen molar-refractivity contribution in [2.75, 3.05) is 26.2 Å². The van der Waals surface area contributed by atoms with Gasteiger partial charge in [0.05, 0.1) is 6.54 Å². The van der Waals surface area contributed by atoms with Gasteiger partial charge in [-0.1, -0.05) is 12.1 Å². The number of likely N-dealkylation sites (tertiary alicyclic amines) is 1. The summed E-state index contributed by atoms with van der Waals surface area (Å²) in [6.45, 7) is 4.14. The maximum absolute atomic E-state index is 12.2. The molecule has 0 unspecified atom stereocenters. The highest BCUT2D eigenvalue weighted by atomic mass is 19.4. The smallest absolute Gasteiger partial charge is 0.422 e. The molecule has 0 spiro atoms. The number of nitrogens with one attached hydrogen (secondary N) is 1. The summed E-state index contributed by atoms with van der Waals surface area (Å²) in [5.74, 6) is 2.82. The van der Waals surface area contributed by atoms with Gasteiger partial charge >= 0.3 is 6.18 Å². The minimum atomic E-state index is -4.32. The number of benzene rings is 1. The number of hydrogen-bond acceptors (Lipinski definition) is 5. The number of halogens is 3. The molecule has 1 fully saturated rings. The maximum atomic E-state index is 12.2. The van der Waals surface area contributed by atoms with E-state index in [0.29, 0.717) is 5.92 Å². The van der Waals surface area contributed by atoms with E-state index in [0.717, 1.165) is 69.3 Å². The molecule has 4 rings (SSSR count). The molecule has 1 saturated heterocycles. The van der Waals surface area contributed by atoms with Crippen LogP contribution in [0.15, 0.2) is 24.3 Å². The van der Waals surface area contributed by atoms with Crippen molar-refractivity contribution >= 4 is 0 Å². The Morgan fingerprint density at radius 1 is 1.07 bits per heavy atom. The fraction of sp³-hybridized carbons (Fsp3) is 0.579. The minimum Gasteiger partial charge on any atom is -0.484 e. The third kappa shape index (κ3) is 4.64. The number of hydrogen-bond donors (Lipinski definition) is 1. The minimum absolute atomic E-state index is 0.242. The molecule has 28 heavy (non-hydrogen) atoms. The first-order valence-electron chi connectivity index (χ1n) is 9.61. The lowest BCUT2D eigenvalue weighted by Crippen LogP contribution is -2.34. The van der Waals surface area contributed by atoms with Crippen LogP contribution >= 0.6 is 0 Å². The summed E-state index contributed by atoms with van der Waals surface area (Å²) in [4.78, 5) is 2.37. The van der Waals surface area contributed by atoms with Crippen LogP contribution in [0.3, 0.4) is 0 Å². The first-order chi connectivity index (χ1) is 13.5. The van der Waals surface area contributed by atoms with Crippen molar-refractivity contribution in [3.05, 3.63) is 41.5 Å². The molecule has 3 heterocycles. The zero-order chi connectivity index (χ0) is 19.6. The number of nitrogens with zero attached hydrogens (tertiary/aromatic N) is 4. The summed E-state index contributed by atoms with van der Waals surface area (Å²) < 4.78 is 43.7. The van der Waals surface area contributed by atoms with Crippen LogP contribution < -0.4 is 10.1 Å². The second kappa shape index (κ2) is 8.08. The second-order valence-corrected chi connectivity index (χ2v) is 7.40. The van der Waals surface area contributed by atoms with Crippen molar-refractivity contribution < 1.29 is 17.9 Å². The first kappa shape index (κ1) is 19.2. The average Bonchev–Trinajstić information content (AvgIpc) is 3.12. The number of piperidine rings is 1. The lowest BCUT2D eigenvalue weighted by atomic mass is 9.95. The molecule has 0 saturated carbocycles. The Kier molecular flexibility index (Phi) is 5.54. The van der Waals surface area contributed by atoms with Gasteiger partial charge in [0, 0.05) is 25.6 Å². The summed E-state index contributed by atoms with van der Waals surface area (Å²) in [6, 6.07) is 6.87. The zero-order valence-electron chi connectivity index (χ0n) is 15.6. The largest absolute Gasteiger partial charge is 0.484 e. The first-order valence-corrected chi connectivity index (χ1v) is 9.61. The van der Waals surface area contributed by atoms with E-state index in [1.54, 1.807) is 12.1 Å². The monoisotopic (exact) mass is 395 g/mol. The Morgan fingerprint density at radius 3 is 2.54 bits per heavy atom. The van der Waals surface area contributed by atoms with E-state index in [9.17, 15) is 13.2 Å². The van der Waals surface area contributed by atoms with Crippen LogP contribution in [-0.2, 0) is 19.6 Å². The van der Waals surface area contributed by atoms with Gasteiger partial charge in [0.1, 0.15) is 17.4 Å². The highest BCUT2D eigenvalue weighted by molar-refractivity contribution is 5.27. The third-order valence-corrected chi connectivity index (χ3v) is 5.34. The van der Waals surface area contributed by atoms with E-state index >= 15 is 0 Å². The Labute approximate surface area is 161 Å². The van der Waals surface area contributed by atoms with Gasteiger partial charge in [0.15, 0.2) is 6.61 Å². The predicted octanol–water partition coefficient (Wildman–Crippen LogP) is 2.70. The Bertz CT molecular complexity index is 782. The van der Waals surface area contributed by atoms with Crippen LogP contribution in [0.25, 0.3) is 0 Å². The molecule has 0 aliphatic carbocycles. The lowest BCUT2D eigenvalue weighted by Gasteiger charge is -2.32. The van der Waals surface area contributed by atoms with E-state index < -0.39 is 12.8 Å². The van der Waals surface area contributed by atoms with Crippen molar-refractivity contribution in [2.45, 2.75) is 44.6 Å². The summed E-state index contributed by atoms with van der Waals surface area (Å²) in [5, 5.41) is 12.1. The average molecular weight is 395 g/mol. The van der Waals surface area contributed by atoms with Gasteiger partial charge in [-0.3, -0.25) is 4.90 Å². The molecule has 1 aromatic heterocycles. The summed E-state index contributed by atoms with van der Waals surface area (Å²) >= 11 is 0. The van der Waals surface area contributed by atoms with Gasteiger partial charge in [-0.2, -0.15) is 13.2 Å². The van der Waals surface area contributed by atoms with Crippen molar-refractivity contribution in [1.29, 1.82) is 0 Å². The Balaban J connectivity index is 1.28. The van der Waals surface area contributed by atoms with Gasteiger partial charge in [0.25, 0.3) is 0 Å². The van der Waals surface area contributed by atoms with Crippen molar-refractivity contribution in [1.82, 2.24) is 25.0 Å². The SMILES string of the molecule is FC(F)(F)COc1ccc(CN2CCC(c3nnc4n3CCNC4)CC2)cc1. The van der Waals surface area contributed by atoms with Gasteiger partial charge in [-0.15, -0.1) is 10.2 Å². The molecule has 2 aromatic rings. The normalized spacial score (nSPS) is 18.8. The molecule has 6 nitrogen and oxygen atoms in total. The fourth-order valence-electron chi connectivity index (χ4n) is 3.88. The molecule has 152 valence electrons. The van der Waals surface area contributed by atoms with Gasteiger partial charge in [-0.05, 0) is 43.6 Å². The molecule has 0 bridgehead atoms. The van der Waals surface area contributed by atoms with E-state index in [2.05, 4.69) is 25.0 Å². The number of alkyl halides is 3. The Morgan fingerprint density at radius 2 is 1.82 bits per heavy atom. The molecular weight excluding hydrogens is 371 g/mol. The molecule has 2 aliphatic heterocycles. The number of aromatic nitrogens is 3. The molecule has 0 radical (unpaired) electrons. The summed E-state index contributed by atoms with van der Waals surface area (Å²) in [7, 11) is 0. The van der Waals surface area contributed by atoms with Crippen LogP contribution in [0.4, 0.5) is 13.2 Å². The standard InChI is InChI=1S/C19H24F3N5O/c20-19(21,22)13-28-16-3-1-14(2-4-16)12-26-8-5-15(6-9-26)18-25-24-17-11-23-7-10-27(17)18/h1-4,15,23H,5-13H2. The highest BCUT2D eigenvalue weighted by Crippen LogP contribution is 2.28. The Hall–Kier alpha value is -2.13. The van der Waals surface area contributed by atoms with E-state index in [1.165, 1.54) is 0 Å². The summed E-state index contributed by atoms with van der Waals surface area (Å²) in [5.41, 5.74) is 1.07. The topological polar surface area (TPSA) is 55.2 Å². The fourth-order valence-corrected chi connectivity index (χ4v) is 3.88. The van der Waals surface area contributed by atoms with Crippen molar-refractivity contribution in [3.8, 4) is 5.75 Å². The van der Waals surface area contributed by atoms with E-state index in [1.807, 2.05) is 12.1 Å². The number of fused-ring (bicyclic) bond motifs is 1. The third-order valence-electron chi connectivity index (χ3n) is 5.34. The van der Waals surface area contributed by atoms with Crippen molar-refractivity contribution in [2.24, 2.45) is 0 Å². The molecule has 2 aliphatic rings. The zero-order valence-corrected chi connectivity index (χ0v) is 15.6. The number of rotatable bonds is 5. The van der Waals surface area contributed by atoms with E-state index in [4.69, 9.17) is 4.74 Å². The highest BCUT2D eigenvalue weighted by Gasteiger charge is 2.29. The van der Waals surface area contributed by atoms with Crippen LogP contribution in [0.1, 0.15) is 36.0 Å². The van der Waals surface area contributed by atoms with Gasteiger partial charge in [-0.25, -0.2) is 0 Å². The van der Waals surface area contributed by atoms with Crippen LogP contribution in [0, 0.1) is 0 Å². The molecule has 1 N–H and O–H groups in total. The van der Waals surface area contributed by atoms with E-state index in [-0.39, 0.29) is 5.75 Å². The predicted molar refractivity (Wildman–Crippen MR) is 97.0 cm³/mol. The quantitative estimate of drug-likeness (QED) is 0.844. The van der Waals surface area contributed by atoms with Gasteiger partial charge in [0.2, 0.25) is 0 Å².